The summed E-state index contributed by atoms with van der Waals surface area (Å²) in [6.07, 6.45) is 3.82. The number of anilines is 3. The van der Waals surface area contributed by atoms with E-state index in [1.165, 1.54) is 0 Å². The molecule has 0 fully saturated rings. The number of hydrogen-bond donors (Lipinski definition) is 0. The van der Waals surface area contributed by atoms with Crippen molar-refractivity contribution >= 4 is 40.0 Å². The van der Waals surface area contributed by atoms with Gasteiger partial charge in [-0.05, 0) is 65.7 Å². The summed E-state index contributed by atoms with van der Waals surface area (Å²) in [7, 11) is 0. The van der Waals surface area contributed by atoms with E-state index in [9.17, 15) is 10.5 Å². The Hall–Kier alpha value is -5.16. The van der Waals surface area contributed by atoms with Crippen LogP contribution in [0.15, 0.2) is 139 Å². The van der Waals surface area contributed by atoms with Crippen molar-refractivity contribution in [1.29, 1.82) is 10.5 Å². The standard InChI is InChI=1S/C34H23N3S/c35-24-28(25-36)33(26-10-4-1-5-11-26)22-20-32-21-23-34(38-32)27-16-18-31(19-17-27)37(29-12-6-2-7-13-29)30-14-8-3-9-15-30/h1-23H. The zero-order valence-corrected chi connectivity index (χ0v) is 21.3. The highest BCUT2D eigenvalue weighted by Crippen LogP contribution is 2.36. The van der Waals surface area contributed by atoms with E-state index in [-0.39, 0.29) is 5.57 Å². The van der Waals surface area contributed by atoms with E-state index in [0.717, 1.165) is 37.9 Å². The molecule has 0 aliphatic carbocycles. The lowest BCUT2D eigenvalue weighted by Gasteiger charge is -2.25. The summed E-state index contributed by atoms with van der Waals surface area (Å²) >= 11 is 1.67. The number of nitrogens with zero attached hydrogens (tertiary/aromatic N) is 3. The van der Waals surface area contributed by atoms with Gasteiger partial charge in [-0.25, -0.2) is 0 Å². The first-order chi connectivity index (χ1) is 18.8. The zero-order valence-electron chi connectivity index (χ0n) is 20.5. The second-order valence-corrected chi connectivity index (χ2v) is 9.58. The molecular weight excluding hydrogens is 482 g/mol. The lowest BCUT2D eigenvalue weighted by atomic mass is 10.0. The Morgan fingerprint density at radius 1 is 0.605 bits per heavy atom. The number of thiophene rings is 1. The average molecular weight is 506 g/mol. The Morgan fingerprint density at radius 2 is 1.13 bits per heavy atom. The summed E-state index contributed by atoms with van der Waals surface area (Å²) in [4.78, 5) is 4.43. The second kappa shape index (κ2) is 11.7. The molecule has 1 aromatic heterocycles. The largest absolute Gasteiger partial charge is 0.311 e. The molecule has 0 unspecified atom stereocenters. The average Bonchev–Trinajstić information content (AvgIpc) is 3.46. The van der Waals surface area contributed by atoms with Crippen molar-refractivity contribution < 1.29 is 0 Å². The maximum absolute atomic E-state index is 9.45. The number of rotatable bonds is 7. The van der Waals surface area contributed by atoms with Gasteiger partial charge >= 0.3 is 0 Å². The van der Waals surface area contributed by atoms with Gasteiger partial charge in [-0.15, -0.1) is 11.3 Å². The van der Waals surface area contributed by atoms with Gasteiger partial charge in [-0.3, -0.25) is 0 Å². The molecule has 0 bridgehead atoms. The molecule has 0 aliphatic rings. The quantitative estimate of drug-likeness (QED) is 0.163. The van der Waals surface area contributed by atoms with Crippen LogP contribution in [-0.4, -0.2) is 0 Å². The Morgan fingerprint density at radius 3 is 1.68 bits per heavy atom. The van der Waals surface area contributed by atoms with E-state index in [4.69, 9.17) is 0 Å². The van der Waals surface area contributed by atoms with Crippen LogP contribution in [0.3, 0.4) is 0 Å². The van der Waals surface area contributed by atoms with Crippen LogP contribution in [0.25, 0.3) is 22.1 Å². The van der Waals surface area contributed by atoms with E-state index in [1.807, 2.05) is 66.8 Å². The van der Waals surface area contributed by atoms with Crippen molar-refractivity contribution in [2.75, 3.05) is 4.90 Å². The summed E-state index contributed by atoms with van der Waals surface area (Å²) in [5, 5.41) is 18.9. The van der Waals surface area contributed by atoms with Gasteiger partial charge in [0.05, 0.1) is 0 Å². The third-order valence-electron chi connectivity index (χ3n) is 6.06. The molecule has 0 atom stereocenters. The van der Waals surface area contributed by atoms with Crippen LogP contribution in [-0.2, 0) is 0 Å². The molecule has 38 heavy (non-hydrogen) atoms. The number of hydrogen-bond acceptors (Lipinski definition) is 4. The van der Waals surface area contributed by atoms with E-state index >= 15 is 0 Å². The van der Waals surface area contributed by atoms with Crippen LogP contribution >= 0.6 is 11.3 Å². The first kappa shape index (κ1) is 24.5. The van der Waals surface area contributed by atoms with Gasteiger partial charge in [-0.2, -0.15) is 10.5 Å². The fourth-order valence-corrected chi connectivity index (χ4v) is 5.14. The summed E-state index contributed by atoms with van der Waals surface area (Å²) < 4.78 is 0. The highest BCUT2D eigenvalue weighted by molar-refractivity contribution is 7.16. The molecule has 0 spiro atoms. The first-order valence-electron chi connectivity index (χ1n) is 12.2. The van der Waals surface area contributed by atoms with Crippen LogP contribution in [0.2, 0.25) is 0 Å². The summed E-state index contributed by atoms with van der Waals surface area (Å²) in [5.41, 5.74) is 5.99. The van der Waals surface area contributed by atoms with Crippen LogP contribution in [0.4, 0.5) is 17.1 Å². The predicted octanol–water partition coefficient (Wildman–Crippen LogP) is 9.40. The van der Waals surface area contributed by atoms with E-state index < -0.39 is 0 Å². The van der Waals surface area contributed by atoms with Crippen molar-refractivity contribution in [3.05, 3.63) is 149 Å². The summed E-state index contributed by atoms with van der Waals surface area (Å²) in [6, 6.07) is 47.0. The van der Waals surface area contributed by atoms with E-state index in [1.54, 1.807) is 11.3 Å². The minimum atomic E-state index is 0.0983. The molecule has 0 N–H and O–H groups in total. The molecule has 180 valence electrons. The number of benzene rings is 4. The maximum Gasteiger partial charge on any atom is 0.137 e. The Balaban J connectivity index is 1.42. The van der Waals surface area contributed by atoms with Crippen LogP contribution in [0.5, 0.6) is 0 Å². The van der Waals surface area contributed by atoms with Gasteiger partial charge in [-0.1, -0.05) is 84.9 Å². The highest BCUT2D eigenvalue weighted by atomic mass is 32.1. The highest BCUT2D eigenvalue weighted by Gasteiger charge is 2.12. The van der Waals surface area contributed by atoms with Crippen molar-refractivity contribution in [3.63, 3.8) is 0 Å². The van der Waals surface area contributed by atoms with Gasteiger partial charge in [0.2, 0.25) is 0 Å². The third-order valence-corrected chi connectivity index (χ3v) is 7.16. The smallest absolute Gasteiger partial charge is 0.137 e. The monoisotopic (exact) mass is 505 g/mol. The SMILES string of the molecule is N#CC(C#N)=C(C=Cc1ccc(-c2ccc(N(c3ccccc3)c3ccccc3)cc2)s1)c1ccccc1. The van der Waals surface area contributed by atoms with Crippen molar-refractivity contribution in [3.8, 4) is 22.6 Å². The molecule has 5 rings (SSSR count). The Kier molecular flexibility index (Phi) is 7.56. The van der Waals surface area contributed by atoms with Crippen LogP contribution in [0, 0.1) is 22.7 Å². The minimum absolute atomic E-state index is 0.0983. The molecule has 5 aromatic rings. The van der Waals surface area contributed by atoms with E-state index in [2.05, 4.69) is 89.8 Å². The lowest BCUT2D eigenvalue weighted by Crippen LogP contribution is -2.09. The molecule has 0 saturated carbocycles. The molecule has 0 radical (unpaired) electrons. The zero-order chi connectivity index (χ0) is 26.2. The fourth-order valence-electron chi connectivity index (χ4n) is 4.23. The summed E-state index contributed by atoms with van der Waals surface area (Å²) in [6.45, 7) is 0. The molecule has 0 aliphatic heterocycles. The topological polar surface area (TPSA) is 50.8 Å². The van der Waals surface area contributed by atoms with Crippen molar-refractivity contribution in [2.24, 2.45) is 0 Å². The molecule has 1 heterocycles. The molecule has 4 aromatic carbocycles. The van der Waals surface area contributed by atoms with Crippen molar-refractivity contribution in [1.82, 2.24) is 0 Å². The number of allylic oxidation sites excluding steroid dienone is 3. The Bertz CT molecular complexity index is 1600. The Labute approximate surface area is 227 Å². The van der Waals surface area contributed by atoms with Gasteiger partial charge in [0.1, 0.15) is 17.7 Å². The molecule has 3 nitrogen and oxygen atoms in total. The fraction of sp³-hybridized carbons (Fsp3) is 0. The van der Waals surface area contributed by atoms with Gasteiger partial charge in [0, 0.05) is 32.4 Å². The minimum Gasteiger partial charge on any atom is -0.311 e. The normalized spacial score (nSPS) is 10.5. The lowest BCUT2D eigenvalue weighted by molar-refractivity contribution is 1.28. The van der Waals surface area contributed by atoms with Crippen LogP contribution < -0.4 is 4.90 Å². The second-order valence-electron chi connectivity index (χ2n) is 8.47. The third kappa shape index (κ3) is 5.47. The van der Waals surface area contributed by atoms with Crippen LogP contribution in [0.1, 0.15) is 10.4 Å². The predicted molar refractivity (Wildman–Crippen MR) is 158 cm³/mol. The van der Waals surface area contributed by atoms with Gasteiger partial charge < -0.3 is 4.90 Å². The maximum atomic E-state index is 9.45. The van der Waals surface area contributed by atoms with Gasteiger partial charge in [0.25, 0.3) is 0 Å². The number of nitriles is 2. The summed E-state index contributed by atoms with van der Waals surface area (Å²) in [5.74, 6) is 0. The number of para-hydroxylation sites is 2. The first-order valence-corrected chi connectivity index (χ1v) is 13.0. The van der Waals surface area contributed by atoms with Gasteiger partial charge in [0.15, 0.2) is 0 Å². The van der Waals surface area contributed by atoms with Crippen molar-refractivity contribution in [2.45, 2.75) is 0 Å². The molecular formula is C34H23N3S. The molecule has 4 heteroatoms. The van der Waals surface area contributed by atoms with E-state index in [0.29, 0.717) is 5.57 Å². The molecule has 0 saturated heterocycles. The molecule has 0 amide bonds.